The van der Waals surface area contributed by atoms with Crippen molar-refractivity contribution >= 4 is 5.91 Å². The van der Waals surface area contributed by atoms with Crippen molar-refractivity contribution in [2.75, 3.05) is 27.3 Å². The van der Waals surface area contributed by atoms with Crippen LogP contribution in [0.2, 0.25) is 0 Å². The Hall–Kier alpha value is -3.28. The molecule has 0 saturated carbocycles. The van der Waals surface area contributed by atoms with E-state index in [1.807, 2.05) is 53.4 Å². The van der Waals surface area contributed by atoms with Crippen LogP contribution in [0.3, 0.4) is 0 Å². The maximum absolute atomic E-state index is 12.9. The van der Waals surface area contributed by atoms with Crippen LogP contribution in [0.1, 0.15) is 41.5 Å². The van der Waals surface area contributed by atoms with E-state index < -0.39 is 0 Å². The lowest BCUT2D eigenvalue weighted by Gasteiger charge is -2.31. The van der Waals surface area contributed by atoms with Crippen LogP contribution in [0.4, 0.5) is 0 Å². The minimum atomic E-state index is 0.126. The van der Waals surface area contributed by atoms with E-state index in [1.54, 1.807) is 20.4 Å². The number of carbonyl (C=O) groups excluding carboxylic acids is 1. The number of oxazole rings is 1. The molecule has 1 fully saturated rings. The fourth-order valence-electron chi connectivity index (χ4n) is 4.05. The number of amides is 1. The fraction of sp³-hybridized carbons (Fsp3) is 0.360. The van der Waals surface area contributed by atoms with Crippen molar-refractivity contribution in [3.8, 4) is 11.5 Å². The Kier molecular flexibility index (Phi) is 6.55. The molecule has 1 aliphatic heterocycles. The highest BCUT2D eigenvalue weighted by molar-refractivity contribution is 5.79. The molecule has 4 rings (SSSR count). The van der Waals surface area contributed by atoms with Crippen molar-refractivity contribution in [2.45, 2.75) is 31.6 Å². The number of carbonyl (C=O) groups is 1. The zero-order valence-electron chi connectivity index (χ0n) is 18.0. The lowest BCUT2D eigenvalue weighted by Crippen LogP contribution is -2.40. The Morgan fingerprint density at radius 3 is 2.55 bits per heavy atom. The van der Waals surface area contributed by atoms with Crippen LogP contribution < -0.4 is 9.47 Å². The summed E-state index contributed by atoms with van der Waals surface area (Å²) in [7, 11) is 3.30. The number of hydrogen-bond donors (Lipinski definition) is 0. The summed E-state index contributed by atoms with van der Waals surface area (Å²) in [6.07, 6.45) is 4.75. The molecule has 1 aliphatic rings. The minimum absolute atomic E-state index is 0.126. The van der Waals surface area contributed by atoms with E-state index in [-0.39, 0.29) is 11.8 Å². The highest BCUT2D eigenvalue weighted by atomic mass is 16.5. The maximum Gasteiger partial charge on any atom is 0.227 e. The van der Waals surface area contributed by atoms with Gasteiger partial charge in [-0.05, 0) is 48.2 Å². The number of benzene rings is 2. The molecule has 162 valence electrons. The van der Waals surface area contributed by atoms with Gasteiger partial charge in [0.1, 0.15) is 17.3 Å². The lowest BCUT2D eigenvalue weighted by atomic mass is 9.97. The summed E-state index contributed by atoms with van der Waals surface area (Å²) in [5, 5.41) is 0. The summed E-state index contributed by atoms with van der Waals surface area (Å²) in [6, 6.07) is 15.6. The second-order valence-electron chi connectivity index (χ2n) is 7.90. The summed E-state index contributed by atoms with van der Waals surface area (Å²) in [5.74, 6) is 3.39. The molecule has 3 aromatic rings. The molecule has 31 heavy (non-hydrogen) atoms. The van der Waals surface area contributed by atoms with Gasteiger partial charge in [-0.2, -0.15) is 0 Å². The number of ether oxygens (including phenoxy) is 2. The number of nitrogens with zero attached hydrogens (tertiary/aromatic N) is 2. The summed E-state index contributed by atoms with van der Waals surface area (Å²) < 4.78 is 16.6. The molecule has 0 N–H and O–H groups in total. The Bertz CT molecular complexity index is 1030. The van der Waals surface area contributed by atoms with Crippen molar-refractivity contribution in [1.82, 2.24) is 9.88 Å². The molecule has 1 aromatic heterocycles. The van der Waals surface area contributed by atoms with Crippen LogP contribution in [0.5, 0.6) is 11.5 Å². The average Bonchev–Trinajstić information content (AvgIpc) is 3.28. The fourth-order valence-corrected chi connectivity index (χ4v) is 4.05. The first-order valence-electron chi connectivity index (χ1n) is 10.6. The largest absolute Gasteiger partial charge is 0.497 e. The van der Waals surface area contributed by atoms with Gasteiger partial charge in [0, 0.05) is 19.5 Å². The van der Waals surface area contributed by atoms with E-state index in [4.69, 9.17) is 13.9 Å². The van der Waals surface area contributed by atoms with Gasteiger partial charge in [0.15, 0.2) is 5.89 Å². The predicted octanol–water partition coefficient (Wildman–Crippen LogP) is 4.23. The molecule has 0 radical (unpaired) electrons. The Morgan fingerprint density at radius 2 is 1.81 bits per heavy atom. The summed E-state index contributed by atoms with van der Waals surface area (Å²) in [4.78, 5) is 19.3. The van der Waals surface area contributed by atoms with Gasteiger partial charge in [0.25, 0.3) is 0 Å². The molecular weight excluding hydrogens is 392 g/mol. The molecule has 1 amide bonds. The molecule has 6 heteroatoms. The first kappa shape index (κ1) is 21.0. The quantitative estimate of drug-likeness (QED) is 0.572. The zero-order chi connectivity index (χ0) is 21.6. The molecule has 0 spiro atoms. The smallest absolute Gasteiger partial charge is 0.227 e. The van der Waals surface area contributed by atoms with Gasteiger partial charge in [-0.15, -0.1) is 0 Å². The minimum Gasteiger partial charge on any atom is -0.497 e. The standard InChI is InChI=1S/C25H28N2O4/c1-29-21-9-3-6-18(12-21)14-23-16-26-25(31-23)20-8-5-11-27(17-20)24(28)15-19-7-4-10-22(13-19)30-2/h3-4,6-7,9-10,12-13,16,20H,5,8,11,14-15,17H2,1-2H3. The third-order valence-corrected chi connectivity index (χ3v) is 5.70. The van der Waals surface area contributed by atoms with E-state index in [2.05, 4.69) is 4.98 Å². The molecule has 1 saturated heterocycles. The number of rotatable bonds is 7. The molecule has 2 heterocycles. The number of methoxy groups -OCH3 is 2. The van der Waals surface area contributed by atoms with Crippen LogP contribution >= 0.6 is 0 Å². The third-order valence-electron chi connectivity index (χ3n) is 5.70. The highest BCUT2D eigenvalue weighted by Gasteiger charge is 2.28. The van der Waals surface area contributed by atoms with E-state index in [0.29, 0.717) is 19.4 Å². The monoisotopic (exact) mass is 420 g/mol. The molecule has 0 bridgehead atoms. The number of likely N-dealkylation sites (tertiary alicyclic amines) is 1. The van der Waals surface area contributed by atoms with E-state index >= 15 is 0 Å². The van der Waals surface area contributed by atoms with Gasteiger partial charge in [0.05, 0.1) is 32.8 Å². The number of hydrogen-bond acceptors (Lipinski definition) is 5. The third kappa shape index (κ3) is 5.26. The van der Waals surface area contributed by atoms with E-state index in [1.165, 1.54) is 0 Å². The SMILES string of the molecule is COc1cccc(CC(=O)N2CCCC(c3ncc(Cc4cccc(OC)c4)o3)C2)c1. The van der Waals surface area contributed by atoms with E-state index in [0.717, 1.165) is 53.7 Å². The van der Waals surface area contributed by atoms with Gasteiger partial charge in [-0.3, -0.25) is 4.79 Å². The van der Waals surface area contributed by atoms with E-state index in [9.17, 15) is 4.79 Å². The van der Waals surface area contributed by atoms with Crippen LogP contribution in [-0.2, 0) is 17.6 Å². The molecular formula is C25H28N2O4. The highest BCUT2D eigenvalue weighted by Crippen LogP contribution is 2.28. The van der Waals surface area contributed by atoms with Gasteiger partial charge in [0.2, 0.25) is 5.91 Å². The predicted molar refractivity (Wildman–Crippen MR) is 118 cm³/mol. The molecule has 1 unspecified atom stereocenters. The van der Waals surface area contributed by atoms with Crippen LogP contribution in [-0.4, -0.2) is 43.1 Å². The summed E-state index contributed by atoms with van der Waals surface area (Å²) in [6.45, 7) is 1.42. The van der Waals surface area contributed by atoms with Gasteiger partial charge in [-0.25, -0.2) is 4.98 Å². The van der Waals surface area contributed by atoms with Crippen molar-refractivity contribution in [3.05, 3.63) is 77.5 Å². The van der Waals surface area contributed by atoms with Crippen molar-refractivity contribution < 1.29 is 18.7 Å². The molecule has 6 nitrogen and oxygen atoms in total. The second kappa shape index (κ2) is 9.69. The molecule has 0 aliphatic carbocycles. The Morgan fingerprint density at radius 1 is 1.10 bits per heavy atom. The average molecular weight is 421 g/mol. The van der Waals surface area contributed by atoms with Crippen LogP contribution in [0.25, 0.3) is 0 Å². The summed E-state index contributed by atoms with van der Waals surface area (Å²) in [5.41, 5.74) is 2.07. The van der Waals surface area contributed by atoms with Crippen molar-refractivity contribution in [1.29, 1.82) is 0 Å². The van der Waals surface area contributed by atoms with Crippen molar-refractivity contribution in [3.63, 3.8) is 0 Å². The normalized spacial score (nSPS) is 16.2. The Balaban J connectivity index is 1.38. The van der Waals surface area contributed by atoms with Crippen molar-refractivity contribution in [2.24, 2.45) is 0 Å². The van der Waals surface area contributed by atoms with Gasteiger partial charge >= 0.3 is 0 Å². The second-order valence-corrected chi connectivity index (χ2v) is 7.90. The summed E-state index contributed by atoms with van der Waals surface area (Å²) >= 11 is 0. The first-order valence-corrected chi connectivity index (χ1v) is 10.6. The Labute approximate surface area is 182 Å². The maximum atomic E-state index is 12.9. The number of aromatic nitrogens is 1. The topological polar surface area (TPSA) is 64.8 Å². The lowest BCUT2D eigenvalue weighted by molar-refractivity contribution is -0.131. The van der Waals surface area contributed by atoms with Crippen LogP contribution in [0.15, 0.2) is 59.1 Å². The number of piperidine rings is 1. The molecule has 2 aromatic carbocycles. The zero-order valence-corrected chi connectivity index (χ0v) is 18.0. The van der Waals surface area contributed by atoms with Gasteiger partial charge < -0.3 is 18.8 Å². The molecule has 1 atom stereocenters. The van der Waals surface area contributed by atoms with Gasteiger partial charge in [-0.1, -0.05) is 24.3 Å². The van der Waals surface area contributed by atoms with Crippen LogP contribution in [0, 0.1) is 0 Å². The first-order chi connectivity index (χ1) is 15.1.